The van der Waals surface area contributed by atoms with Crippen molar-refractivity contribution in [1.82, 2.24) is 10.2 Å². The van der Waals surface area contributed by atoms with Crippen LogP contribution in [-0.4, -0.2) is 47.6 Å². The van der Waals surface area contributed by atoms with Crippen LogP contribution in [0, 0.1) is 0 Å². The summed E-state index contributed by atoms with van der Waals surface area (Å²) >= 11 is 0. The lowest BCUT2D eigenvalue weighted by atomic mass is 10.1. The maximum Gasteiger partial charge on any atom is 0.326 e. The number of aliphatic carboxylic acids is 1. The predicted octanol–water partition coefficient (Wildman–Crippen LogP) is 1.09. The molecular weight excluding hydrogens is 220 g/mol. The molecule has 5 nitrogen and oxygen atoms in total. The first-order chi connectivity index (χ1) is 8.04. The number of hydrogen-bond acceptors (Lipinski definition) is 3. The van der Waals surface area contributed by atoms with Crippen LogP contribution in [0.4, 0.5) is 0 Å². The smallest absolute Gasteiger partial charge is 0.326 e. The molecule has 0 aromatic heterocycles. The first-order valence-electron chi connectivity index (χ1n) is 6.29. The number of carboxylic acids is 1. The van der Waals surface area contributed by atoms with Crippen molar-refractivity contribution in [3.05, 3.63) is 0 Å². The predicted molar refractivity (Wildman–Crippen MR) is 66.9 cm³/mol. The largest absolute Gasteiger partial charge is 0.480 e. The molecule has 0 saturated heterocycles. The fourth-order valence-electron chi connectivity index (χ4n) is 1.56. The zero-order valence-electron chi connectivity index (χ0n) is 11.0. The quantitative estimate of drug-likeness (QED) is 0.637. The number of unbranched alkanes of at least 4 members (excludes halogenated alkanes) is 1. The first kappa shape index (κ1) is 15.9. The van der Waals surface area contributed by atoms with E-state index >= 15 is 0 Å². The Hall–Kier alpha value is -1.10. The molecule has 0 spiro atoms. The van der Waals surface area contributed by atoms with Gasteiger partial charge < -0.3 is 10.4 Å². The van der Waals surface area contributed by atoms with Gasteiger partial charge in [-0.05, 0) is 19.5 Å². The van der Waals surface area contributed by atoms with E-state index in [0.717, 1.165) is 25.9 Å². The third-order valence-electron chi connectivity index (χ3n) is 2.74. The number of rotatable bonds is 9. The molecule has 0 aliphatic carbocycles. The molecule has 0 fully saturated rings. The van der Waals surface area contributed by atoms with Gasteiger partial charge in [0, 0.05) is 0 Å². The topological polar surface area (TPSA) is 69.6 Å². The molecule has 0 bridgehead atoms. The molecule has 0 saturated carbocycles. The minimum Gasteiger partial charge on any atom is -0.480 e. The summed E-state index contributed by atoms with van der Waals surface area (Å²) in [6, 6.07) is -0.752. The maximum atomic E-state index is 11.6. The van der Waals surface area contributed by atoms with Crippen LogP contribution in [0.5, 0.6) is 0 Å². The van der Waals surface area contributed by atoms with Gasteiger partial charge >= 0.3 is 5.97 Å². The summed E-state index contributed by atoms with van der Waals surface area (Å²) in [5, 5.41) is 11.5. The summed E-state index contributed by atoms with van der Waals surface area (Å²) < 4.78 is 0. The van der Waals surface area contributed by atoms with E-state index in [-0.39, 0.29) is 12.5 Å². The lowest BCUT2D eigenvalue weighted by molar-refractivity contribution is -0.142. The average molecular weight is 244 g/mol. The van der Waals surface area contributed by atoms with Gasteiger partial charge in [0.05, 0.1) is 6.54 Å². The maximum absolute atomic E-state index is 11.6. The zero-order valence-corrected chi connectivity index (χ0v) is 11.0. The van der Waals surface area contributed by atoms with Gasteiger partial charge in [0.15, 0.2) is 0 Å². The minimum atomic E-state index is -0.952. The van der Waals surface area contributed by atoms with Crippen LogP contribution in [0.3, 0.4) is 0 Å². The highest BCUT2D eigenvalue weighted by Crippen LogP contribution is 2.01. The van der Waals surface area contributed by atoms with Gasteiger partial charge in [0.25, 0.3) is 0 Å². The molecule has 0 aromatic rings. The summed E-state index contributed by atoms with van der Waals surface area (Å²) in [4.78, 5) is 24.5. The summed E-state index contributed by atoms with van der Waals surface area (Å²) in [5.41, 5.74) is 0. The molecule has 0 rings (SSSR count). The molecule has 17 heavy (non-hydrogen) atoms. The van der Waals surface area contributed by atoms with E-state index in [1.54, 1.807) is 0 Å². The minimum absolute atomic E-state index is 0.211. The third-order valence-corrected chi connectivity index (χ3v) is 2.74. The fourth-order valence-corrected chi connectivity index (χ4v) is 1.56. The Morgan fingerprint density at radius 2 is 1.82 bits per heavy atom. The standard InChI is InChI=1S/C12H24N2O3/c1-4-7-8-10(12(16)17)13-11(15)9-14(5-2)6-3/h10H,4-9H2,1-3H3,(H,13,15)(H,16,17)/t10-/m0/s1. The summed E-state index contributed by atoms with van der Waals surface area (Å²) in [6.07, 6.45) is 2.23. The Kier molecular flexibility index (Phi) is 8.40. The van der Waals surface area contributed by atoms with E-state index in [0.29, 0.717) is 6.42 Å². The number of carboxylic acid groups (broad SMARTS) is 1. The Labute approximate surface area is 103 Å². The Morgan fingerprint density at radius 1 is 1.24 bits per heavy atom. The number of carbonyl (C=O) groups is 2. The van der Waals surface area contributed by atoms with Crippen LogP contribution >= 0.6 is 0 Å². The van der Waals surface area contributed by atoms with Gasteiger partial charge in [-0.3, -0.25) is 9.69 Å². The van der Waals surface area contributed by atoms with Gasteiger partial charge in [0.2, 0.25) is 5.91 Å². The Bertz CT molecular complexity index is 240. The lowest BCUT2D eigenvalue weighted by Crippen LogP contribution is -2.45. The third kappa shape index (κ3) is 6.94. The molecule has 0 aromatic carbocycles. The van der Waals surface area contributed by atoms with Gasteiger partial charge in [0.1, 0.15) is 6.04 Å². The van der Waals surface area contributed by atoms with Crippen molar-refractivity contribution in [3.8, 4) is 0 Å². The summed E-state index contributed by atoms with van der Waals surface area (Å²) in [5.74, 6) is -1.16. The van der Waals surface area contributed by atoms with Crippen molar-refractivity contribution >= 4 is 11.9 Å². The molecule has 5 heteroatoms. The monoisotopic (exact) mass is 244 g/mol. The molecule has 0 unspecified atom stereocenters. The van der Waals surface area contributed by atoms with E-state index in [9.17, 15) is 9.59 Å². The van der Waals surface area contributed by atoms with Crippen LogP contribution in [-0.2, 0) is 9.59 Å². The van der Waals surface area contributed by atoms with E-state index in [4.69, 9.17) is 5.11 Å². The van der Waals surface area contributed by atoms with Crippen LogP contribution in [0.25, 0.3) is 0 Å². The first-order valence-corrected chi connectivity index (χ1v) is 6.29. The van der Waals surface area contributed by atoms with Crippen molar-refractivity contribution in [2.45, 2.75) is 46.1 Å². The number of nitrogens with one attached hydrogen (secondary N) is 1. The molecule has 100 valence electrons. The van der Waals surface area contributed by atoms with Crippen molar-refractivity contribution in [1.29, 1.82) is 0 Å². The van der Waals surface area contributed by atoms with Crippen LogP contribution in [0.1, 0.15) is 40.0 Å². The normalized spacial score (nSPS) is 12.5. The lowest BCUT2D eigenvalue weighted by Gasteiger charge is -2.19. The molecule has 0 aliphatic heterocycles. The number of amides is 1. The molecule has 2 N–H and O–H groups in total. The van der Waals surface area contributed by atoms with Gasteiger partial charge in [-0.25, -0.2) is 4.79 Å². The van der Waals surface area contributed by atoms with Crippen molar-refractivity contribution < 1.29 is 14.7 Å². The molecule has 0 aliphatic rings. The van der Waals surface area contributed by atoms with E-state index < -0.39 is 12.0 Å². The van der Waals surface area contributed by atoms with E-state index in [2.05, 4.69) is 5.32 Å². The average Bonchev–Trinajstić information content (AvgIpc) is 2.30. The highest BCUT2D eigenvalue weighted by molar-refractivity contribution is 5.84. The van der Waals surface area contributed by atoms with Crippen molar-refractivity contribution in [3.63, 3.8) is 0 Å². The molecular formula is C12H24N2O3. The second-order valence-electron chi connectivity index (χ2n) is 4.06. The number of nitrogens with zero attached hydrogens (tertiary/aromatic N) is 1. The van der Waals surface area contributed by atoms with E-state index in [1.807, 2.05) is 25.7 Å². The molecule has 1 amide bonds. The molecule has 0 radical (unpaired) electrons. The Balaban J connectivity index is 4.15. The second kappa shape index (κ2) is 8.98. The second-order valence-corrected chi connectivity index (χ2v) is 4.06. The van der Waals surface area contributed by atoms with Gasteiger partial charge in [-0.1, -0.05) is 33.6 Å². The van der Waals surface area contributed by atoms with Crippen molar-refractivity contribution in [2.24, 2.45) is 0 Å². The number of hydrogen-bond donors (Lipinski definition) is 2. The SMILES string of the molecule is CCCC[C@H](NC(=O)CN(CC)CC)C(=O)O. The van der Waals surface area contributed by atoms with Crippen molar-refractivity contribution in [2.75, 3.05) is 19.6 Å². The zero-order chi connectivity index (χ0) is 13.3. The molecule has 0 heterocycles. The van der Waals surface area contributed by atoms with Gasteiger partial charge in [-0.15, -0.1) is 0 Å². The highest BCUT2D eigenvalue weighted by Gasteiger charge is 2.19. The fraction of sp³-hybridized carbons (Fsp3) is 0.833. The van der Waals surface area contributed by atoms with Crippen LogP contribution in [0.15, 0.2) is 0 Å². The van der Waals surface area contributed by atoms with Crippen LogP contribution in [0.2, 0.25) is 0 Å². The van der Waals surface area contributed by atoms with Gasteiger partial charge in [-0.2, -0.15) is 0 Å². The number of likely N-dealkylation sites (N-methyl/N-ethyl adjacent to an activating group) is 1. The summed E-state index contributed by atoms with van der Waals surface area (Å²) in [7, 11) is 0. The molecule has 1 atom stereocenters. The van der Waals surface area contributed by atoms with Crippen LogP contribution < -0.4 is 5.32 Å². The Morgan fingerprint density at radius 3 is 2.24 bits per heavy atom. The van der Waals surface area contributed by atoms with E-state index in [1.165, 1.54) is 0 Å². The highest BCUT2D eigenvalue weighted by atomic mass is 16.4. The summed E-state index contributed by atoms with van der Waals surface area (Å²) in [6.45, 7) is 7.79. The number of carbonyl (C=O) groups excluding carboxylic acids is 1.